The molecule has 3 rings (SSSR count). The minimum atomic E-state index is -0.299. The number of anilines is 1. The third kappa shape index (κ3) is 4.40. The SMILES string of the molecule is C/C(=N/NC(=O)c1ccncc1)c1ccc(NC(=O)c2cccs2)cc1. The van der Waals surface area contributed by atoms with Crippen LogP contribution in [0.1, 0.15) is 32.5 Å². The van der Waals surface area contributed by atoms with E-state index in [9.17, 15) is 9.59 Å². The number of nitrogens with one attached hydrogen (secondary N) is 2. The smallest absolute Gasteiger partial charge is 0.271 e. The van der Waals surface area contributed by atoms with Crippen molar-refractivity contribution in [3.63, 3.8) is 0 Å². The molecule has 26 heavy (non-hydrogen) atoms. The maximum Gasteiger partial charge on any atom is 0.271 e. The molecule has 0 aliphatic rings. The van der Waals surface area contributed by atoms with Gasteiger partial charge in [-0.1, -0.05) is 18.2 Å². The number of aromatic nitrogens is 1. The van der Waals surface area contributed by atoms with Crippen molar-refractivity contribution >= 4 is 34.6 Å². The lowest BCUT2D eigenvalue weighted by Crippen LogP contribution is -2.19. The van der Waals surface area contributed by atoms with Crippen LogP contribution in [0.5, 0.6) is 0 Å². The van der Waals surface area contributed by atoms with Crippen molar-refractivity contribution < 1.29 is 9.59 Å². The first-order valence-corrected chi connectivity index (χ1v) is 8.71. The van der Waals surface area contributed by atoms with Crippen molar-refractivity contribution in [2.45, 2.75) is 6.92 Å². The fraction of sp³-hybridized carbons (Fsp3) is 0.0526. The zero-order valence-electron chi connectivity index (χ0n) is 14.0. The number of benzene rings is 1. The van der Waals surface area contributed by atoms with E-state index in [1.54, 1.807) is 49.6 Å². The Labute approximate surface area is 154 Å². The van der Waals surface area contributed by atoms with Crippen molar-refractivity contribution in [3.05, 3.63) is 82.3 Å². The van der Waals surface area contributed by atoms with E-state index in [2.05, 4.69) is 20.8 Å². The molecule has 2 amide bonds. The number of carbonyl (C=O) groups excluding carboxylic acids is 2. The third-order valence-electron chi connectivity index (χ3n) is 3.57. The molecule has 0 radical (unpaired) electrons. The van der Waals surface area contributed by atoms with Crippen LogP contribution in [0.15, 0.2) is 71.4 Å². The molecule has 6 nitrogen and oxygen atoms in total. The van der Waals surface area contributed by atoms with Crippen LogP contribution in [0.4, 0.5) is 5.69 Å². The molecule has 0 aliphatic heterocycles. The molecule has 7 heteroatoms. The Morgan fingerprint density at radius 1 is 0.962 bits per heavy atom. The van der Waals surface area contributed by atoms with E-state index in [0.717, 1.165) is 5.56 Å². The zero-order chi connectivity index (χ0) is 18.4. The lowest BCUT2D eigenvalue weighted by molar-refractivity contribution is 0.0954. The molecule has 1 aromatic carbocycles. The highest BCUT2D eigenvalue weighted by Gasteiger charge is 2.07. The summed E-state index contributed by atoms with van der Waals surface area (Å²) in [6.45, 7) is 1.80. The molecule has 130 valence electrons. The highest BCUT2D eigenvalue weighted by Crippen LogP contribution is 2.14. The number of carbonyl (C=O) groups is 2. The zero-order valence-corrected chi connectivity index (χ0v) is 14.8. The third-order valence-corrected chi connectivity index (χ3v) is 4.44. The van der Waals surface area contributed by atoms with Gasteiger partial charge in [0.2, 0.25) is 0 Å². The highest BCUT2D eigenvalue weighted by atomic mass is 32.1. The van der Waals surface area contributed by atoms with Gasteiger partial charge in [-0.05, 0) is 48.2 Å². The predicted octanol–water partition coefficient (Wildman–Crippen LogP) is 3.55. The van der Waals surface area contributed by atoms with Gasteiger partial charge in [0.25, 0.3) is 11.8 Å². The van der Waals surface area contributed by atoms with Crippen molar-refractivity contribution in [1.82, 2.24) is 10.4 Å². The largest absolute Gasteiger partial charge is 0.321 e. The van der Waals surface area contributed by atoms with Crippen LogP contribution in [-0.2, 0) is 0 Å². The van der Waals surface area contributed by atoms with Crippen LogP contribution in [0.25, 0.3) is 0 Å². The Morgan fingerprint density at radius 3 is 2.35 bits per heavy atom. The average molecular weight is 364 g/mol. The summed E-state index contributed by atoms with van der Waals surface area (Å²) in [5.74, 6) is -0.436. The Morgan fingerprint density at radius 2 is 1.69 bits per heavy atom. The second-order valence-electron chi connectivity index (χ2n) is 5.38. The number of thiophene rings is 1. The summed E-state index contributed by atoms with van der Waals surface area (Å²) < 4.78 is 0. The van der Waals surface area contributed by atoms with E-state index in [0.29, 0.717) is 21.8 Å². The van der Waals surface area contributed by atoms with Gasteiger partial charge in [-0.15, -0.1) is 11.3 Å². The van der Waals surface area contributed by atoms with Crippen LogP contribution >= 0.6 is 11.3 Å². The normalized spacial score (nSPS) is 11.0. The van der Waals surface area contributed by atoms with E-state index in [1.807, 2.05) is 23.6 Å². The number of rotatable bonds is 5. The Bertz CT molecular complexity index is 920. The molecule has 0 fully saturated rings. The van der Waals surface area contributed by atoms with E-state index in [-0.39, 0.29) is 11.8 Å². The van der Waals surface area contributed by atoms with Crippen LogP contribution in [0.3, 0.4) is 0 Å². The van der Waals surface area contributed by atoms with Gasteiger partial charge in [0.1, 0.15) is 0 Å². The lowest BCUT2D eigenvalue weighted by Gasteiger charge is -2.06. The Balaban J connectivity index is 1.62. The summed E-state index contributed by atoms with van der Waals surface area (Å²) in [6.07, 6.45) is 3.10. The number of amides is 2. The summed E-state index contributed by atoms with van der Waals surface area (Å²) in [5.41, 5.74) is 5.20. The maximum absolute atomic E-state index is 12.0. The quantitative estimate of drug-likeness (QED) is 0.536. The highest BCUT2D eigenvalue weighted by molar-refractivity contribution is 7.12. The van der Waals surface area contributed by atoms with Gasteiger partial charge in [0, 0.05) is 23.6 Å². The monoisotopic (exact) mass is 364 g/mol. The maximum atomic E-state index is 12.0. The Hall–Kier alpha value is -3.32. The van der Waals surface area contributed by atoms with E-state index < -0.39 is 0 Å². The molecule has 0 atom stereocenters. The van der Waals surface area contributed by atoms with Crippen LogP contribution < -0.4 is 10.7 Å². The van der Waals surface area contributed by atoms with Crippen molar-refractivity contribution in [1.29, 1.82) is 0 Å². The second-order valence-corrected chi connectivity index (χ2v) is 6.33. The molecule has 2 aromatic heterocycles. The van der Waals surface area contributed by atoms with Crippen LogP contribution in [-0.4, -0.2) is 22.5 Å². The molecule has 3 aromatic rings. The summed E-state index contributed by atoms with van der Waals surface area (Å²) in [7, 11) is 0. The molecule has 2 N–H and O–H groups in total. The molecular formula is C19H16N4O2S. The van der Waals surface area contributed by atoms with Gasteiger partial charge in [0.15, 0.2) is 0 Å². The molecule has 0 spiro atoms. The number of hydrogen-bond donors (Lipinski definition) is 2. The summed E-state index contributed by atoms with van der Waals surface area (Å²) in [5, 5.41) is 8.81. The van der Waals surface area contributed by atoms with Crippen molar-refractivity contribution in [2.24, 2.45) is 5.10 Å². The fourth-order valence-electron chi connectivity index (χ4n) is 2.16. The number of pyridine rings is 1. The number of hydrazone groups is 1. The van der Waals surface area contributed by atoms with Gasteiger partial charge in [-0.2, -0.15) is 5.10 Å². The number of nitrogens with zero attached hydrogens (tertiary/aromatic N) is 2. The van der Waals surface area contributed by atoms with Crippen molar-refractivity contribution in [2.75, 3.05) is 5.32 Å². The summed E-state index contributed by atoms with van der Waals surface area (Å²) in [4.78, 5) is 28.5. The molecule has 0 bridgehead atoms. The minimum Gasteiger partial charge on any atom is -0.321 e. The predicted molar refractivity (Wildman–Crippen MR) is 103 cm³/mol. The standard InChI is InChI=1S/C19H16N4O2S/c1-13(22-23-18(24)15-8-10-20-11-9-15)14-4-6-16(7-5-14)21-19(25)17-3-2-12-26-17/h2-12H,1H3,(H,21,25)(H,23,24)/b22-13-. The molecule has 2 heterocycles. The minimum absolute atomic E-state index is 0.136. The topological polar surface area (TPSA) is 83.4 Å². The fourth-order valence-corrected chi connectivity index (χ4v) is 2.78. The van der Waals surface area contributed by atoms with E-state index in [4.69, 9.17) is 0 Å². The first-order chi connectivity index (χ1) is 12.6. The van der Waals surface area contributed by atoms with Crippen LogP contribution in [0, 0.1) is 0 Å². The van der Waals surface area contributed by atoms with Gasteiger partial charge in [-0.25, -0.2) is 5.43 Å². The molecular weight excluding hydrogens is 348 g/mol. The summed E-state index contributed by atoms with van der Waals surface area (Å²) >= 11 is 1.39. The van der Waals surface area contributed by atoms with Gasteiger partial charge in [-0.3, -0.25) is 14.6 Å². The lowest BCUT2D eigenvalue weighted by atomic mass is 10.1. The van der Waals surface area contributed by atoms with Gasteiger partial charge in [0.05, 0.1) is 10.6 Å². The van der Waals surface area contributed by atoms with Crippen LogP contribution in [0.2, 0.25) is 0 Å². The molecule has 0 unspecified atom stereocenters. The molecule has 0 saturated heterocycles. The Kier molecular flexibility index (Phi) is 5.50. The molecule has 0 saturated carbocycles. The second kappa shape index (κ2) is 8.17. The van der Waals surface area contributed by atoms with E-state index in [1.165, 1.54) is 11.3 Å². The number of hydrogen-bond acceptors (Lipinski definition) is 5. The van der Waals surface area contributed by atoms with Crippen molar-refractivity contribution in [3.8, 4) is 0 Å². The first kappa shape index (κ1) is 17.5. The van der Waals surface area contributed by atoms with E-state index >= 15 is 0 Å². The van der Waals surface area contributed by atoms with Gasteiger partial charge >= 0.3 is 0 Å². The molecule has 0 aliphatic carbocycles. The summed E-state index contributed by atoms with van der Waals surface area (Å²) in [6, 6.07) is 14.1. The van der Waals surface area contributed by atoms with Gasteiger partial charge < -0.3 is 5.32 Å². The first-order valence-electron chi connectivity index (χ1n) is 7.83. The average Bonchev–Trinajstić information content (AvgIpc) is 3.22.